The number of halogens is 1. The van der Waals surface area contributed by atoms with E-state index in [1.165, 1.54) is 5.56 Å². The zero-order valence-corrected chi connectivity index (χ0v) is 13.8. The minimum atomic E-state index is 0.171. The minimum absolute atomic E-state index is 0.171. The highest BCUT2D eigenvalue weighted by molar-refractivity contribution is 9.11. The average molecular weight is 334 g/mol. The van der Waals surface area contributed by atoms with E-state index < -0.39 is 0 Å². The first-order chi connectivity index (χ1) is 9.51. The van der Waals surface area contributed by atoms with Crippen LogP contribution in [0.5, 0.6) is 0 Å². The molecule has 1 aromatic rings. The van der Waals surface area contributed by atoms with Crippen molar-refractivity contribution in [1.82, 2.24) is 0 Å². The van der Waals surface area contributed by atoms with Crippen molar-refractivity contribution in [3.05, 3.63) is 52.0 Å². The minimum Gasteiger partial charge on any atom is -0.308 e. The van der Waals surface area contributed by atoms with Gasteiger partial charge in [-0.05, 0) is 42.2 Å². The Morgan fingerprint density at radius 2 is 1.95 bits per heavy atom. The summed E-state index contributed by atoms with van der Waals surface area (Å²) >= 11 is 3.46. The Morgan fingerprint density at radius 1 is 1.30 bits per heavy atom. The van der Waals surface area contributed by atoms with Gasteiger partial charge in [-0.15, -0.1) is 0 Å². The molecule has 0 aliphatic carbocycles. The first kappa shape index (κ1) is 15.0. The van der Waals surface area contributed by atoms with Crippen molar-refractivity contribution in [2.45, 2.75) is 33.1 Å². The molecule has 1 saturated heterocycles. The highest BCUT2D eigenvalue weighted by atomic mass is 79.9. The van der Waals surface area contributed by atoms with Gasteiger partial charge in [0.2, 0.25) is 5.91 Å². The molecular formula is C17H20BrNO. The van der Waals surface area contributed by atoms with Gasteiger partial charge in [-0.3, -0.25) is 4.79 Å². The van der Waals surface area contributed by atoms with Crippen LogP contribution in [0.15, 0.2) is 46.5 Å². The van der Waals surface area contributed by atoms with E-state index in [9.17, 15) is 4.79 Å². The Labute approximate surface area is 129 Å². The first-order valence-electron chi connectivity index (χ1n) is 6.93. The van der Waals surface area contributed by atoms with Crippen LogP contribution in [0.3, 0.4) is 0 Å². The summed E-state index contributed by atoms with van der Waals surface area (Å²) in [6.07, 6.45) is 4.53. The molecule has 0 atom stereocenters. The standard InChI is InChI=1S/C17H20BrNO/c1-4-15(18)9-13-10-17(20)19(11-13)16-7-5-14(6-8-16)12(2)3/h4-9,12H,10-11H2,1-3H3/b13-9+,15-4+. The number of amides is 1. The van der Waals surface area contributed by atoms with E-state index in [4.69, 9.17) is 0 Å². The number of anilines is 1. The summed E-state index contributed by atoms with van der Waals surface area (Å²) in [5.41, 5.74) is 3.43. The van der Waals surface area contributed by atoms with E-state index in [0.717, 1.165) is 15.7 Å². The van der Waals surface area contributed by atoms with Crippen molar-refractivity contribution in [3.63, 3.8) is 0 Å². The van der Waals surface area contributed by atoms with Gasteiger partial charge < -0.3 is 4.90 Å². The van der Waals surface area contributed by atoms with Gasteiger partial charge in [-0.2, -0.15) is 0 Å². The number of carbonyl (C=O) groups excluding carboxylic acids is 1. The highest BCUT2D eigenvalue weighted by Gasteiger charge is 2.25. The molecule has 0 aromatic heterocycles. The normalized spacial score (nSPS) is 18.4. The predicted molar refractivity (Wildman–Crippen MR) is 88.3 cm³/mol. The summed E-state index contributed by atoms with van der Waals surface area (Å²) in [5, 5.41) is 0. The Morgan fingerprint density at radius 3 is 2.50 bits per heavy atom. The predicted octanol–water partition coefficient (Wildman–Crippen LogP) is 4.77. The summed E-state index contributed by atoms with van der Waals surface area (Å²) in [6.45, 7) is 7.00. The second kappa shape index (κ2) is 6.40. The first-order valence-corrected chi connectivity index (χ1v) is 7.72. The van der Waals surface area contributed by atoms with E-state index in [-0.39, 0.29) is 5.91 Å². The molecular weight excluding hydrogens is 314 g/mol. The molecule has 20 heavy (non-hydrogen) atoms. The molecule has 2 nitrogen and oxygen atoms in total. The second-order valence-electron chi connectivity index (χ2n) is 5.38. The average Bonchev–Trinajstić information content (AvgIpc) is 2.79. The van der Waals surface area contributed by atoms with Gasteiger partial charge >= 0.3 is 0 Å². The molecule has 0 saturated carbocycles. The smallest absolute Gasteiger partial charge is 0.231 e. The largest absolute Gasteiger partial charge is 0.308 e. The molecule has 1 heterocycles. The lowest BCUT2D eigenvalue weighted by Crippen LogP contribution is -2.23. The zero-order chi connectivity index (χ0) is 14.7. The molecule has 106 valence electrons. The Kier molecular flexibility index (Phi) is 4.81. The zero-order valence-electron chi connectivity index (χ0n) is 12.2. The van der Waals surface area contributed by atoms with Crippen LogP contribution in [0.2, 0.25) is 0 Å². The number of rotatable bonds is 3. The molecule has 0 spiro atoms. The Balaban J connectivity index is 2.18. The Hall–Kier alpha value is -1.35. The van der Waals surface area contributed by atoms with Crippen molar-refractivity contribution in [2.24, 2.45) is 0 Å². The van der Waals surface area contributed by atoms with Crippen LogP contribution in [0.1, 0.15) is 38.7 Å². The van der Waals surface area contributed by atoms with Crippen LogP contribution in [0, 0.1) is 0 Å². The van der Waals surface area contributed by atoms with E-state index in [0.29, 0.717) is 18.9 Å². The second-order valence-corrected chi connectivity index (χ2v) is 6.29. The third kappa shape index (κ3) is 3.40. The van der Waals surface area contributed by atoms with Gasteiger partial charge in [0.15, 0.2) is 0 Å². The summed E-state index contributed by atoms with van der Waals surface area (Å²) < 4.78 is 1.03. The van der Waals surface area contributed by atoms with Crippen molar-refractivity contribution < 1.29 is 4.79 Å². The fourth-order valence-electron chi connectivity index (χ4n) is 2.29. The lowest BCUT2D eigenvalue weighted by molar-refractivity contribution is -0.116. The molecule has 0 N–H and O–H groups in total. The van der Waals surface area contributed by atoms with Crippen LogP contribution < -0.4 is 4.90 Å². The number of hydrogen-bond donors (Lipinski definition) is 0. The lowest BCUT2D eigenvalue weighted by Gasteiger charge is -2.16. The molecule has 1 aliphatic heterocycles. The maximum absolute atomic E-state index is 12.1. The van der Waals surface area contributed by atoms with E-state index in [2.05, 4.69) is 41.9 Å². The monoisotopic (exact) mass is 333 g/mol. The molecule has 2 rings (SSSR count). The highest BCUT2D eigenvalue weighted by Crippen LogP contribution is 2.27. The van der Waals surface area contributed by atoms with Gasteiger partial charge in [-0.1, -0.05) is 48.0 Å². The SMILES string of the molecule is C/C=C(Br)\C=C1/CC(=O)N(c2ccc(C(C)C)cc2)C1. The molecule has 0 bridgehead atoms. The number of nitrogens with zero attached hydrogens (tertiary/aromatic N) is 1. The van der Waals surface area contributed by atoms with Crippen LogP contribution in [-0.2, 0) is 4.79 Å². The third-order valence-electron chi connectivity index (χ3n) is 3.53. The summed E-state index contributed by atoms with van der Waals surface area (Å²) in [7, 11) is 0. The number of carbonyl (C=O) groups is 1. The van der Waals surface area contributed by atoms with E-state index in [1.807, 2.05) is 36.1 Å². The number of benzene rings is 1. The van der Waals surface area contributed by atoms with Gasteiger partial charge in [0.05, 0.1) is 6.42 Å². The maximum Gasteiger partial charge on any atom is 0.231 e. The van der Waals surface area contributed by atoms with Crippen molar-refractivity contribution in [2.75, 3.05) is 11.4 Å². The number of hydrogen-bond acceptors (Lipinski definition) is 1. The van der Waals surface area contributed by atoms with Gasteiger partial charge in [0.1, 0.15) is 0 Å². The lowest BCUT2D eigenvalue weighted by atomic mass is 10.0. The topological polar surface area (TPSA) is 20.3 Å². The fraction of sp³-hybridized carbons (Fsp3) is 0.353. The van der Waals surface area contributed by atoms with E-state index >= 15 is 0 Å². The van der Waals surface area contributed by atoms with Crippen molar-refractivity contribution in [1.29, 1.82) is 0 Å². The molecule has 1 amide bonds. The third-order valence-corrected chi connectivity index (χ3v) is 4.22. The molecule has 0 radical (unpaired) electrons. The fourth-order valence-corrected chi connectivity index (χ4v) is 2.61. The molecule has 3 heteroatoms. The van der Waals surface area contributed by atoms with Crippen LogP contribution in [0.25, 0.3) is 0 Å². The summed E-state index contributed by atoms with van der Waals surface area (Å²) in [5.74, 6) is 0.685. The quantitative estimate of drug-likeness (QED) is 0.780. The van der Waals surface area contributed by atoms with Crippen molar-refractivity contribution in [3.8, 4) is 0 Å². The number of allylic oxidation sites excluding steroid dienone is 3. The van der Waals surface area contributed by atoms with Crippen LogP contribution >= 0.6 is 15.9 Å². The molecule has 1 fully saturated rings. The van der Waals surface area contributed by atoms with Crippen LogP contribution in [0.4, 0.5) is 5.69 Å². The van der Waals surface area contributed by atoms with Gasteiger partial charge in [0.25, 0.3) is 0 Å². The van der Waals surface area contributed by atoms with Crippen LogP contribution in [-0.4, -0.2) is 12.5 Å². The summed E-state index contributed by atoms with van der Waals surface area (Å²) in [6, 6.07) is 8.30. The maximum atomic E-state index is 12.1. The van der Waals surface area contributed by atoms with Gasteiger partial charge in [-0.25, -0.2) is 0 Å². The molecule has 0 unspecified atom stereocenters. The Bertz CT molecular complexity index is 555. The molecule has 1 aliphatic rings. The molecule has 1 aromatic carbocycles. The van der Waals surface area contributed by atoms with Crippen molar-refractivity contribution >= 4 is 27.5 Å². The summed E-state index contributed by atoms with van der Waals surface area (Å²) in [4.78, 5) is 14.0. The van der Waals surface area contributed by atoms with Gasteiger partial charge in [0, 0.05) is 16.7 Å². The van der Waals surface area contributed by atoms with E-state index in [1.54, 1.807) is 0 Å².